The van der Waals surface area contributed by atoms with Crippen LogP contribution in [0, 0.1) is 0 Å². The summed E-state index contributed by atoms with van der Waals surface area (Å²) in [4.78, 5) is 19.4. The minimum Gasteiger partial charge on any atom is -0.457 e. The number of hydrogen-bond acceptors (Lipinski definition) is 5. The maximum atomic E-state index is 6.47. The number of rotatable bonds is 9. The number of benzene rings is 2. The lowest BCUT2D eigenvalue weighted by Crippen LogP contribution is -2.21. The molecule has 0 bridgehead atoms. The number of imidazole rings is 1. The van der Waals surface area contributed by atoms with Crippen molar-refractivity contribution in [3.8, 4) is 11.5 Å². The highest BCUT2D eigenvalue weighted by Gasteiger charge is 2.24. The topological polar surface area (TPSA) is 75.0 Å². The molecule has 0 saturated carbocycles. The van der Waals surface area contributed by atoms with Gasteiger partial charge in [-0.2, -0.15) is 0 Å². The van der Waals surface area contributed by atoms with Crippen molar-refractivity contribution in [3.63, 3.8) is 0 Å². The molecule has 3 aromatic rings. The molecule has 212 valence electrons. The number of H-pyrrole nitrogens is 1. The molecule has 1 aromatic heterocycles. The van der Waals surface area contributed by atoms with E-state index in [2.05, 4.69) is 93.9 Å². The Balaban J connectivity index is 0.000000732. The SMILES string of the molecule is C=CC=N/C=C\CCc1cc(Oc2cccc(C3(C)C=CC=CN=C3)c2)cc(C2(C)C=CC=CN=C2)c1.c1c[nH]cn1. The highest BCUT2D eigenvalue weighted by atomic mass is 16.5. The highest BCUT2D eigenvalue weighted by molar-refractivity contribution is 5.78. The second-order valence-electron chi connectivity index (χ2n) is 10.2. The van der Waals surface area contributed by atoms with Crippen molar-refractivity contribution >= 4 is 18.6 Å². The maximum Gasteiger partial charge on any atom is 0.128 e. The summed E-state index contributed by atoms with van der Waals surface area (Å²) in [5, 5.41) is 0. The summed E-state index contributed by atoms with van der Waals surface area (Å²) in [6.07, 6.45) is 33.9. The molecule has 0 amide bonds. The van der Waals surface area contributed by atoms with Crippen molar-refractivity contribution in [1.82, 2.24) is 9.97 Å². The van der Waals surface area contributed by atoms with Gasteiger partial charge in [0.15, 0.2) is 0 Å². The molecule has 6 nitrogen and oxygen atoms in total. The van der Waals surface area contributed by atoms with Crippen LogP contribution in [0.25, 0.3) is 0 Å². The summed E-state index contributed by atoms with van der Waals surface area (Å²) < 4.78 is 6.47. The van der Waals surface area contributed by atoms with Gasteiger partial charge in [0.1, 0.15) is 11.5 Å². The first-order chi connectivity index (χ1) is 20.5. The molecule has 5 rings (SSSR count). The summed E-state index contributed by atoms with van der Waals surface area (Å²) in [5.74, 6) is 1.59. The van der Waals surface area contributed by atoms with Gasteiger partial charge in [0.25, 0.3) is 0 Å². The van der Waals surface area contributed by atoms with Crippen molar-refractivity contribution in [2.75, 3.05) is 0 Å². The molecule has 0 aliphatic carbocycles. The van der Waals surface area contributed by atoms with Gasteiger partial charge in [-0.1, -0.05) is 61.2 Å². The smallest absolute Gasteiger partial charge is 0.128 e. The van der Waals surface area contributed by atoms with Crippen LogP contribution in [0.2, 0.25) is 0 Å². The van der Waals surface area contributed by atoms with Gasteiger partial charge in [-0.15, -0.1) is 0 Å². The largest absolute Gasteiger partial charge is 0.457 e. The average Bonchev–Trinajstić information content (AvgIpc) is 3.41. The molecule has 2 aromatic carbocycles. The Morgan fingerprint density at radius 1 is 0.905 bits per heavy atom. The van der Waals surface area contributed by atoms with E-state index in [1.54, 1.807) is 37.2 Å². The number of ether oxygens (including phenoxy) is 1. The number of aromatic amines is 1. The van der Waals surface area contributed by atoms with E-state index >= 15 is 0 Å². The molecule has 0 saturated heterocycles. The molecule has 0 spiro atoms. The zero-order valence-electron chi connectivity index (χ0n) is 24.2. The highest BCUT2D eigenvalue weighted by Crippen LogP contribution is 2.34. The molecular weight excluding hydrogens is 518 g/mol. The van der Waals surface area contributed by atoms with Crippen molar-refractivity contribution in [3.05, 3.63) is 152 Å². The fourth-order valence-corrected chi connectivity index (χ4v) is 4.45. The first-order valence-corrected chi connectivity index (χ1v) is 13.9. The van der Waals surface area contributed by atoms with Crippen LogP contribution in [0.4, 0.5) is 0 Å². The van der Waals surface area contributed by atoms with E-state index in [0.29, 0.717) is 0 Å². The fraction of sp³-hybridized carbons (Fsp3) is 0.167. The minimum absolute atomic E-state index is 0.307. The number of allylic oxidation sites excluding steroid dienone is 8. The van der Waals surface area contributed by atoms with E-state index in [0.717, 1.165) is 35.5 Å². The molecule has 3 heterocycles. The van der Waals surface area contributed by atoms with Crippen LogP contribution < -0.4 is 4.74 Å². The van der Waals surface area contributed by atoms with E-state index in [1.165, 1.54) is 5.56 Å². The quantitative estimate of drug-likeness (QED) is 0.269. The molecule has 1 N–H and O–H groups in total. The van der Waals surface area contributed by atoms with Crippen molar-refractivity contribution in [2.45, 2.75) is 37.5 Å². The molecule has 42 heavy (non-hydrogen) atoms. The predicted octanol–water partition coefficient (Wildman–Crippen LogP) is 8.42. The van der Waals surface area contributed by atoms with E-state index in [-0.39, 0.29) is 10.8 Å². The van der Waals surface area contributed by atoms with E-state index < -0.39 is 0 Å². The molecule has 2 unspecified atom stereocenters. The molecule has 6 heteroatoms. The third-order valence-corrected chi connectivity index (χ3v) is 6.81. The number of hydrogen-bond donors (Lipinski definition) is 1. The van der Waals surface area contributed by atoms with Crippen LogP contribution >= 0.6 is 0 Å². The summed E-state index contributed by atoms with van der Waals surface area (Å²) in [7, 11) is 0. The van der Waals surface area contributed by atoms with Crippen LogP contribution in [-0.2, 0) is 17.3 Å². The second kappa shape index (κ2) is 15.1. The van der Waals surface area contributed by atoms with Crippen LogP contribution in [-0.4, -0.2) is 28.6 Å². The van der Waals surface area contributed by atoms with Crippen molar-refractivity contribution in [1.29, 1.82) is 0 Å². The van der Waals surface area contributed by atoms with Crippen molar-refractivity contribution < 1.29 is 4.74 Å². The van der Waals surface area contributed by atoms with Gasteiger partial charge in [0, 0.05) is 60.5 Å². The molecule has 2 aliphatic rings. The Hall–Kier alpha value is -5.10. The lowest BCUT2D eigenvalue weighted by atomic mass is 9.82. The van der Waals surface area contributed by atoms with Gasteiger partial charge in [0.05, 0.1) is 6.33 Å². The van der Waals surface area contributed by atoms with Gasteiger partial charge >= 0.3 is 0 Å². The zero-order chi connectivity index (χ0) is 29.5. The normalized spacial score (nSPS) is 20.8. The lowest BCUT2D eigenvalue weighted by Gasteiger charge is -2.24. The standard InChI is InChI=1S/C33H33N3O.C3H4N2/c1-4-17-34-18-8-5-12-27-21-29(33(3)16-7-10-20-36-26-33)24-31(22-27)37-30-14-11-13-28(23-30)32(2)15-6-9-19-35-25-32;1-2-5-3-4-1/h4,6-11,13-26H,1,5,12H2,2-3H3;1-3H,(H,4,5)/b18-8-,34-17?;. The van der Waals surface area contributed by atoms with Crippen LogP contribution in [0.5, 0.6) is 11.5 Å². The van der Waals surface area contributed by atoms with Gasteiger partial charge in [-0.05, 0) is 79.8 Å². The second-order valence-corrected chi connectivity index (χ2v) is 10.2. The minimum atomic E-state index is -0.342. The number of aryl methyl sites for hydroxylation is 1. The third-order valence-electron chi connectivity index (χ3n) is 6.81. The molecule has 0 radical (unpaired) electrons. The lowest BCUT2D eigenvalue weighted by molar-refractivity contribution is 0.479. The van der Waals surface area contributed by atoms with E-state index in [1.807, 2.05) is 61.3 Å². The predicted molar refractivity (Wildman–Crippen MR) is 176 cm³/mol. The average molecular weight is 556 g/mol. The molecular formula is C36H37N5O. The van der Waals surface area contributed by atoms with E-state index in [9.17, 15) is 0 Å². The molecule has 0 fully saturated rings. The Bertz CT molecular complexity index is 1500. The maximum absolute atomic E-state index is 6.47. The number of nitrogens with zero attached hydrogens (tertiary/aromatic N) is 4. The van der Waals surface area contributed by atoms with Crippen LogP contribution in [0.15, 0.2) is 150 Å². The first-order valence-electron chi connectivity index (χ1n) is 13.9. The molecule has 2 aliphatic heterocycles. The number of aromatic nitrogens is 2. The molecule has 2 atom stereocenters. The van der Waals surface area contributed by atoms with Gasteiger partial charge in [0.2, 0.25) is 0 Å². The Kier molecular flexibility index (Phi) is 10.7. The Morgan fingerprint density at radius 3 is 2.31 bits per heavy atom. The monoisotopic (exact) mass is 555 g/mol. The fourth-order valence-electron chi connectivity index (χ4n) is 4.45. The van der Waals surface area contributed by atoms with Crippen molar-refractivity contribution in [2.24, 2.45) is 15.0 Å². The summed E-state index contributed by atoms with van der Waals surface area (Å²) in [6, 6.07) is 14.7. The van der Waals surface area contributed by atoms with Gasteiger partial charge in [-0.25, -0.2) is 4.98 Å². The number of aliphatic imine (C=N–C) groups is 3. The third kappa shape index (κ3) is 8.70. The van der Waals surface area contributed by atoms with E-state index in [4.69, 9.17) is 4.74 Å². The van der Waals surface area contributed by atoms with Crippen LogP contribution in [0.1, 0.15) is 37.0 Å². The summed E-state index contributed by atoms with van der Waals surface area (Å²) in [5.41, 5.74) is 2.79. The van der Waals surface area contributed by atoms with Gasteiger partial charge < -0.3 is 9.72 Å². The Morgan fingerprint density at radius 2 is 1.64 bits per heavy atom. The van der Waals surface area contributed by atoms with Gasteiger partial charge in [-0.3, -0.25) is 15.0 Å². The summed E-state index contributed by atoms with van der Waals surface area (Å²) in [6.45, 7) is 7.96. The first kappa shape index (κ1) is 29.9. The number of nitrogens with one attached hydrogen (secondary N) is 1. The van der Waals surface area contributed by atoms with Crippen LogP contribution in [0.3, 0.4) is 0 Å². The Labute approximate surface area is 248 Å². The zero-order valence-corrected chi connectivity index (χ0v) is 24.2. The summed E-state index contributed by atoms with van der Waals surface area (Å²) >= 11 is 0.